The minimum atomic E-state index is -0.235. The summed E-state index contributed by atoms with van der Waals surface area (Å²) in [5.41, 5.74) is -0.235. The molecule has 0 bridgehead atoms. The highest BCUT2D eigenvalue weighted by Crippen LogP contribution is 2.25. The fourth-order valence-corrected chi connectivity index (χ4v) is 2.68. The molecule has 1 saturated heterocycles. The van der Waals surface area contributed by atoms with Gasteiger partial charge in [-0.2, -0.15) is 0 Å². The van der Waals surface area contributed by atoms with Gasteiger partial charge in [0.15, 0.2) is 5.96 Å². The van der Waals surface area contributed by atoms with E-state index in [1.54, 1.807) is 20.4 Å². The van der Waals surface area contributed by atoms with Gasteiger partial charge in [-0.3, -0.25) is 4.99 Å². The third-order valence-corrected chi connectivity index (χ3v) is 4.32. The van der Waals surface area contributed by atoms with E-state index in [-0.39, 0.29) is 29.6 Å². The van der Waals surface area contributed by atoms with Crippen LogP contribution in [0.1, 0.15) is 20.3 Å². The number of guanidine groups is 1. The molecule has 2 rings (SSSR count). The fraction of sp³-hybridized carbons (Fsp3) is 0.625. The summed E-state index contributed by atoms with van der Waals surface area (Å²) in [6.07, 6.45) is 2.79. The third kappa shape index (κ3) is 5.93. The predicted octanol–water partition coefficient (Wildman–Crippen LogP) is 2.52. The Morgan fingerprint density at radius 2 is 2.29 bits per heavy atom. The first kappa shape index (κ1) is 21.2. The van der Waals surface area contributed by atoms with Gasteiger partial charge in [0.2, 0.25) is 0 Å². The van der Waals surface area contributed by atoms with Crippen LogP contribution in [0.4, 0.5) is 5.82 Å². The van der Waals surface area contributed by atoms with Crippen LogP contribution in [0.15, 0.2) is 23.3 Å². The minimum absolute atomic E-state index is 0. The van der Waals surface area contributed by atoms with Gasteiger partial charge in [0.25, 0.3) is 0 Å². The Balaban J connectivity index is 0.00000288. The van der Waals surface area contributed by atoms with Gasteiger partial charge in [-0.05, 0) is 32.4 Å². The Hall–Kier alpha value is -0.800. The number of methoxy groups -OCH3 is 1. The van der Waals surface area contributed by atoms with Gasteiger partial charge in [0.05, 0.1) is 10.6 Å². The van der Waals surface area contributed by atoms with Crippen molar-refractivity contribution in [3.63, 3.8) is 0 Å². The van der Waals surface area contributed by atoms with E-state index in [1.807, 2.05) is 26.0 Å². The number of hydrogen-bond acceptors (Lipinski definition) is 4. The van der Waals surface area contributed by atoms with E-state index in [2.05, 4.69) is 25.5 Å². The monoisotopic (exact) mass is 467 g/mol. The highest BCUT2D eigenvalue weighted by molar-refractivity contribution is 14.0. The molecule has 0 radical (unpaired) electrons. The van der Waals surface area contributed by atoms with Crippen LogP contribution in [-0.2, 0) is 4.74 Å². The number of ether oxygens (including phenoxy) is 1. The molecule has 24 heavy (non-hydrogen) atoms. The number of nitrogens with one attached hydrogen (secondary N) is 2. The zero-order chi connectivity index (χ0) is 16.9. The average Bonchev–Trinajstić information content (AvgIpc) is 3.00. The molecule has 136 valence electrons. The summed E-state index contributed by atoms with van der Waals surface area (Å²) in [4.78, 5) is 10.9. The molecule has 1 unspecified atom stereocenters. The van der Waals surface area contributed by atoms with Crippen molar-refractivity contribution in [3.05, 3.63) is 23.4 Å². The van der Waals surface area contributed by atoms with E-state index in [4.69, 9.17) is 16.3 Å². The average molecular weight is 468 g/mol. The van der Waals surface area contributed by atoms with Gasteiger partial charge in [-0.1, -0.05) is 11.6 Å². The van der Waals surface area contributed by atoms with Gasteiger partial charge in [0, 0.05) is 46.0 Å². The molecular formula is C16H27ClIN5O. The normalized spacial score (nSPS) is 18.3. The molecule has 0 spiro atoms. The summed E-state index contributed by atoms with van der Waals surface area (Å²) in [7, 11) is 3.49. The lowest BCUT2D eigenvalue weighted by Gasteiger charge is -2.25. The van der Waals surface area contributed by atoms with E-state index in [9.17, 15) is 0 Å². The summed E-state index contributed by atoms with van der Waals surface area (Å²) in [6.45, 7) is 6.53. The number of aliphatic imine (C=N–C) groups is 1. The van der Waals surface area contributed by atoms with Crippen LogP contribution >= 0.6 is 35.6 Å². The van der Waals surface area contributed by atoms with Crippen molar-refractivity contribution in [2.45, 2.75) is 31.9 Å². The van der Waals surface area contributed by atoms with Crippen molar-refractivity contribution < 1.29 is 4.74 Å². The standard InChI is InChI=1S/C16H26ClN5O.HI/c1-16(2,23-4)11-20-15(18-3)21-12-7-9-22(10-12)14-13(17)6-5-8-19-14;/h5-6,8,12H,7,9-11H2,1-4H3,(H2,18,20,21);1H. The maximum Gasteiger partial charge on any atom is 0.191 e. The van der Waals surface area contributed by atoms with Crippen molar-refractivity contribution in [2.75, 3.05) is 38.7 Å². The van der Waals surface area contributed by atoms with E-state index < -0.39 is 0 Å². The number of halogens is 2. The fourth-order valence-electron chi connectivity index (χ4n) is 2.44. The lowest BCUT2D eigenvalue weighted by Crippen LogP contribution is -2.49. The molecule has 1 aromatic heterocycles. The first-order valence-electron chi connectivity index (χ1n) is 7.83. The summed E-state index contributed by atoms with van der Waals surface area (Å²) in [5, 5.41) is 7.45. The zero-order valence-electron chi connectivity index (χ0n) is 14.7. The van der Waals surface area contributed by atoms with Gasteiger partial charge < -0.3 is 20.3 Å². The van der Waals surface area contributed by atoms with Crippen LogP contribution in [0.5, 0.6) is 0 Å². The van der Waals surface area contributed by atoms with Crippen molar-refractivity contribution in [2.24, 2.45) is 4.99 Å². The largest absolute Gasteiger partial charge is 0.377 e. The number of rotatable bonds is 5. The molecular weight excluding hydrogens is 441 g/mol. The second kappa shape index (κ2) is 9.62. The molecule has 0 aliphatic carbocycles. The van der Waals surface area contributed by atoms with Gasteiger partial charge in [-0.25, -0.2) is 4.98 Å². The van der Waals surface area contributed by atoms with E-state index in [1.165, 1.54) is 0 Å². The van der Waals surface area contributed by atoms with Crippen LogP contribution in [0.3, 0.4) is 0 Å². The third-order valence-electron chi connectivity index (χ3n) is 4.03. The summed E-state index contributed by atoms with van der Waals surface area (Å²) in [5.74, 6) is 1.64. The highest BCUT2D eigenvalue weighted by Gasteiger charge is 2.26. The predicted molar refractivity (Wildman–Crippen MR) is 111 cm³/mol. The van der Waals surface area contributed by atoms with Crippen LogP contribution in [0.2, 0.25) is 5.02 Å². The van der Waals surface area contributed by atoms with Crippen LogP contribution in [0.25, 0.3) is 0 Å². The van der Waals surface area contributed by atoms with E-state index in [0.29, 0.717) is 17.6 Å². The topological polar surface area (TPSA) is 61.8 Å². The molecule has 1 aliphatic heterocycles. The Bertz CT molecular complexity index is 555. The lowest BCUT2D eigenvalue weighted by molar-refractivity contribution is 0.0268. The van der Waals surface area contributed by atoms with Gasteiger partial charge in [0.1, 0.15) is 5.82 Å². The van der Waals surface area contributed by atoms with Crippen molar-refractivity contribution >= 4 is 47.4 Å². The molecule has 0 aromatic carbocycles. The van der Waals surface area contributed by atoms with Gasteiger partial charge in [-0.15, -0.1) is 24.0 Å². The second-order valence-electron chi connectivity index (χ2n) is 6.27. The highest BCUT2D eigenvalue weighted by atomic mass is 127. The Kier molecular flexibility index (Phi) is 8.52. The van der Waals surface area contributed by atoms with Crippen molar-refractivity contribution in [3.8, 4) is 0 Å². The number of hydrogen-bond donors (Lipinski definition) is 2. The van der Waals surface area contributed by atoms with Crippen molar-refractivity contribution in [1.29, 1.82) is 0 Å². The van der Waals surface area contributed by atoms with Crippen LogP contribution in [-0.4, -0.2) is 56.4 Å². The summed E-state index contributed by atoms with van der Waals surface area (Å²) < 4.78 is 5.41. The molecule has 1 atom stereocenters. The van der Waals surface area contributed by atoms with E-state index >= 15 is 0 Å². The van der Waals surface area contributed by atoms with Crippen molar-refractivity contribution in [1.82, 2.24) is 15.6 Å². The molecule has 8 heteroatoms. The first-order chi connectivity index (χ1) is 10.9. The molecule has 1 aromatic rings. The summed E-state index contributed by atoms with van der Waals surface area (Å²) in [6, 6.07) is 4.03. The molecule has 6 nitrogen and oxygen atoms in total. The first-order valence-corrected chi connectivity index (χ1v) is 8.21. The van der Waals surface area contributed by atoms with E-state index in [0.717, 1.165) is 31.3 Å². The van der Waals surface area contributed by atoms with Gasteiger partial charge >= 0.3 is 0 Å². The molecule has 1 aliphatic rings. The maximum atomic E-state index is 6.23. The quantitative estimate of drug-likeness (QED) is 0.396. The molecule has 0 saturated carbocycles. The molecule has 2 heterocycles. The minimum Gasteiger partial charge on any atom is -0.377 e. The Labute approximate surface area is 166 Å². The number of anilines is 1. The molecule has 1 fully saturated rings. The Morgan fingerprint density at radius 3 is 2.92 bits per heavy atom. The maximum absolute atomic E-state index is 6.23. The number of nitrogens with zero attached hydrogens (tertiary/aromatic N) is 3. The summed E-state index contributed by atoms with van der Waals surface area (Å²) >= 11 is 6.23. The number of pyridine rings is 1. The second-order valence-corrected chi connectivity index (χ2v) is 6.68. The zero-order valence-corrected chi connectivity index (χ0v) is 17.8. The molecule has 0 amide bonds. The smallest absolute Gasteiger partial charge is 0.191 e. The van der Waals surface area contributed by atoms with Crippen LogP contribution < -0.4 is 15.5 Å². The lowest BCUT2D eigenvalue weighted by atomic mass is 10.1. The van der Waals surface area contributed by atoms with Crippen LogP contribution in [0, 0.1) is 0 Å². The number of aromatic nitrogens is 1. The molecule has 2 N–H and O–H groups in total. The SMILES string of the molecule is CN=C(NCC(C)(C)OC)NC1CCN(c2ncccc2Cl)C1.I. The Morgan fingerprint density at radius 1 is 1.54 bits per heavy atom.